The topological polar surface area (TPSA) is 29.5 Å². The van der Waals surface area contributed by atoms with Gasteiger partial charge in [-0.15, -0.1) is 0 Å². The summed E-state index contributed by atoms with van der Waals surface area (Å²) in [5.41, 5.74) is 4.64. The lowest BCUT2D eigenvalue weighted by molar-refractivity contribution is -0.0129. The van der Waals surface area contributed by atoms with E-state index in [0.29, 0.717) is 6.42 Å². The fourth-order valence-electron chi connectivity index (χ4n) is 2.65. The molecule has 0 radical (unpaired) electrons. The SMILES string of the molecule is COC(c1ccccc1)C(O)Cc1c(C)cccc1C. The van der Waals surface area contributed by atoms with Crippen molar-refractivity contribution in [3.05, 3.63) is 70.8 Å². The first-order valence-electron chi connectivity index (χ1n) is 6.94. The fourth-order valence-corrected chi connectivity index (χ4v) is 2.65. The lowest BCUT2D eigenvalue weighted by Gasteiger charge is -2.23. The molecule has 0 aromatic heterocycles. The molecule has 2 unspecified atom stereocenters. The van der Waals surface area contributed by atoms with Crippen molar-refractivity contribution in [2.75, 3.05) is 7.11 Å². The summed E-state index contributed by atoms with van der Waals surface area (Å²) in [6.45, 7) is 4.17. The van der Waals surface area contributed by atoms with Crippen LogP contribution in [0.3, 0.4) is 0 Å². The van der Waals surface area contributed by atoms with Gasteiger partial charge in [0.2, 0.25) is 0 Å². The number of ether oxygens (including phenoxy) is 1. The van der Waals surface area contributed by atoms with Gasteiger partial charge in [0.25, 0.3) is 0 Å². The molecule has 0 spiro atoms. The standard InChI is InChI=1S/C18H22O2/c1-13-8-7-9-14(2)16(13)12-17(19)18(20-3)15-10-5-4-6-11-15/h4-11,17-19H,12H2,1-3H3. The lowest BCUT2D eigenvalue weighted by Crippen LogP contribution is -2.23. The Hall–Kier alpha value is -1.64. The maximum Gasteiger partial charge on any atom is 0.108 e. The second kappa shape index (κ2) is 6.69. The maximum atomic E-state index is 10.5. The monoisotopic (exact) mass is 270 g/mol. The summed E-state index contributed by atoms with van der Waals surface area (Å²) in [5.74, 6) is 0. The highest BCUT2D eigenvalue weighted by atomic mass is 16.5. The van der Waals surface area contributed by atoms with Gasteiger partial charge in [-0.1, -0.05) is 48.5 Å². The molecular weight excluding hydrogens is 248 g/mol. The van der Waals surface area contributed by atoms with Gasteiger partial charge in [-0.05, 0) is 36.1 Å². The van der Waals surface area contributed by atoms with Gasteiger partial charge in [-0.2, -0.15) is 0 Å². The first-order valence-corrected chi connectivity index (χ1v) is 6.94. The summed E-state index contributed by atoms with van der Waals surface area (Å²) < 4.78 is 5.50. The first-order chi connectivity index (χ1) is 9.63. The van der Waals surface area contributed by atoms with Crippen molar-refractivity contribution in [3.63, 3.8) is 0 Å². The van der Waals surface area contributed by atoms with E-state index in [-0.39, 0.29) is 6.10 Å². The van der Waals surface area contributed by atoms with Crippen LogP contribution in [0.15, 0.2) is 48.5 Å². The molecule has 106 valence electrons. The smallest absolute Gasteiger partial charge is 0.108 e. The van der Waals surface area contributed by atoms with Crippen molar-refractivity contribution in [1.29, 1.82) is 0 Å². The minimum atomic E-state index is -0.554. The van der Waals surface area contributed by atoms with E-state index in [1.54, 1.807) is 7.11 Å². The fraction of sp³-hybridized carbons (Fsp3) is 0.333. The van der Waals surface area contributed by atoms with Crippen molar-refractivity contribution in [2.24, 2.45) is 0 Å². The second-order valence-corrected chi connectivity index (χ2v) is 5.21. The molecule has 2 atom stereocenters. The van der Waals surface area contributed by atoms with Gasteiger partial charge in [-0.3, -0.25) is 0 Å². The van der Waals surface area contributed by atoms with E-state index in [0.717, 1.165) is 5.56 Å². The molecule has 2 rings (SSSR count). The lowest BCUT2D eigenvalue weighted by atomic mass is 9.93. The molecule has 0 heterocycles. The van der Waals surface area contributed by atoms with Crippen LogP contribution in [0.4, 0.5) is 0 Å². The van der Waals surface area contributed by atoms with E-state index < -0.39 is 6.10 Å². The second-order valence-electron chi connectivity index (χ2n) is 5.21. The number of rotatable bonds is 5. The average molecular weight is 270 g/mol. The number of aliphatic hydroxyl groups excluding tert-OH is 1. The van der Waals surface area contributed by atoms with Gasteiger partial charge in [0.05, 0.1) is 6.10 Å². The van der Waals surface area contributed by atoms with Crippen LogP contribution < -0.4 is 0 Å². The average Bonchev–Trinajstić information content (AvgIpc) is 2.45. The predicted octanol–water partition coefficient (Wildman–Crippen LogP) is 3.59. The Morgan fingerprint density at radius 1 is 0.950 bits per heavy atom. The molecule has 1 N–H and O–H groups in total. The highest BCUT2D eigenvalue weighted by Gasteiger charge is 2.22. The van der Waals surface area contributed by atoms with E-state index in [9.17, 15) is 5.11 Å². The van der Waals surface area contributed by atoms with E-state index in [1.807, 2.05) is 36.4 Å². The van der Waals surface area contributed by atoms with Crippen molar-refractivity contribution >= 4 is 0 Å². The summed E-state index contributed by atoms with van der Waals surface area (Å²) in [4.78, 5) is 0. The van der Waals surface area contributed by atoms with Gasteiger partial charge >= 0.3 is 0 Å². The van der Waals surface area contributed by atoms with Gasteiger partial charge in [0, 0.05) is 13.5 Å². The molecule has 0 aliphatic rings. The van der Waals surface area contributed by atoms with E-state index in [1.165, 1.54) is 16.7 Å². The van der Waals surface area contributed by atoms with Crippen LogP contribution in [0.2, 0.25) is 0 Å². The summed E-state index contributed by atoms with van der Waals surface area (Å²) >= 11 is 0. The predicted molar refractivity (Wildman–Crippen MR) is 81.8 cm³/mol. The summed E-state index contributed by atoms with van der Waals surface area (Å²) in [6, 6.07) is 16.1. The third-order valence-electron chi connectivity index (χ3n) is 3.79. The molecule has 0 fully saturated rings. The Labute approximate surface area is 121 Å². The largest absolute Gasteiger partial charge is 0.390 e. The Bertz CT molecular complexity index is 528. The molecule has 2 aromatic rings. The number of hydrogen-bond acceptors (Lipinski definition) is 2. The summed E-state index contributed by atoms with van der Waals surface area (Å²) in [6.07, 6.45) is -0.247. The summed E-state index contributed by atoms with van der Waals surface area (Å²) in [7, 11) is 1.64. The molecule has 0 bridgehead atoms. The van der Waals surface area contributed by atoms with E-state index in [2.05, 4.69) is 26.0 Å². The zero-order chi connectivity index (χ0) is 14.5. The molecule has 2 nitrogen and oxygen atoms in total. The molecule has 2 aromatic carbocycles. The highest BCUT2D eigenvalue weighted by molar-refractivity contribution is 5.34. The van der Waals surface area contributed by atoms with Crippen molar-refractivity contribution < 1.29 is 9.84 Å². The normalized spacial score (nSPS) is 14.0. The third kappa shape index (κ3) is 3.27. The van der Waals surface area contributed by atoms with Crippen LogP contribution >= 0.6 is 0 Å². The number of benzene rings is 2. The minimum Gasteiger partial charge on any atom is -0.390 e. The zero-order valence-corrected chi connectivity index (χ0v) is 12.3. The van der Waals surface area contributed by atoms with Crippen LogP contribution in [-0.4, -0.2) is 18.3 Å². The van der Waals surface area contributed by atoms with E-state index >= 15 is 0 Å². The van der Waals surface area contributed by atoms with Crippen LogP contribution in [0, 0.1) is 13.8 Å². The van der Waals surface area contributed by atoms with Gasteiger partial charge in [-0.25, -0.2) is 0 Å². The minimum absolute atomic E-state index is 0.296. The van der Waals surface area contributed by atoms with Crippen LogP contribution in [0.1, 0.15) is 28.4 Å². The van der Waals surface area contributed by atoms with Crippen molar-refractivity contribution in [3.8, 4) is 0 Å². The summed E-state index contributed by atoms with van der Waals surface area (Å²) in [5, 5.41) is 10.5. The van der Waals surface area contributed by atoms with Crippen LogP contribution in [-0.2, 0) is 11.2 Å². The number of aliphatic hydroxyl groups is 1. The van der Waals surface area contributed by atoms with Crippen molar-refractivity contribution in [2.45, 2.75) is 32.5 Å². The Morgan fingerprint density at radius 2 is 1.55 bits per heavy atom. The van der Waals surface area contributed by atoms with E-state index in [4.69, 9.17) is 4.74 Å². The number of aryl methyl sites for hydroxylation is 2. The first kappa shape index (κ1) is 14.8. The molecule has 20 heavy (non-hydrogen) atoms. The molecule has 0 aliphatic carbocycles. The molecule has 2 heteroatoms. The molecular formula is C18H22O2. The molecule has 0 aliphatic heterocycles. The number of hydrogen-bond donors (Lipinski definition) is 1. The number of methoxy groups -OCH3 is 1. The van der Waals surface area contributed by atoms with Crippen molar-refractivity contribution in [1.82, 2.24) is 0 Å². The van der Waals surface area contributed by atoms with Crippen LogP contribution in [0.25, 0.3) is 0 Å². The zero-order valence-electron chi connectivity index (χ0n) is 12.3. The maximum absolute atomic E-state index is 10.5. The quantitative estimate of drug-likeness (QED) is 0.899. The highest BCUT2D eigenvalue weighted by Crippen LogP contribution is 2.25. The molecule has 0 saturated carbocycles. The Kier molecular flexibility index (Phi) is 4.94. The Balaban J connectivity index is 2.20. The van der Waals surface area contributed by atoms with Crippen LogP contribution in [0.5, 0.6) is 0 Å². The van der Waals surface area contributed by atoms with Gasteiger partial charge in [0.15, 0.2) is 0 Å². The molecule has 0 saturated heterocycles. The Morgan fingerprint density at radius 3 is 2.10 bits per heavy atom. The molecule has 0 amide bonds. The van der Waals surface area contributed by atoms with Gasteiger partial charge in [0.1, 0.15) is 6.10 Å². The third-order valence-corrected chi connectivity index (χ3v) is 3.79. The van der Waals surface area contributed by atoms with Gasteiger partial charge < -0.3 is 9.84 Å².